The fourth-order valence-electron chi connectivity index (χ4n) is 2.27. The van der Waals surface area contributed by atoms with E-state index in [9.17, 15) is 13.2 Å². The number of sulfonamides is 1. The van der Waals surface area contributed by atoms with Crippen LogP contribution >= 0.6 is 23.2 Å². The molecule has 0 saturated heterocycles. The molecule has 0 radical (unpaired) electrons. The van der Waals surface area contributed by atoms with E-state index in [1.165, 1.54) is 24.3 Å². The molecule has 0 aliphatic heterocycles. The first-order valence-electron chi connectivity index (χ1n) is 7.65. The molecule has 1 N–H and O–H groups in total. The minimum atomic E-state index is -3.84. The van der Waals surface area contributed by atoms with E-state index < -0.39 is 10.0 Å². The van der Waals surface area contributed by atoms with E-state index in [2.05, 4.69) is 4.72 Å². The summed E-state index contributed by atoms with van der Waals surface area (Å²) in [6.45, 7) is 4.93. The Morgan fingerprint density at radius 2 is 1.72 bits per heavy atom. The Kier molecular flexibility index (Phi) is 6.32. The number of carbonyl (C=O) groups is 1. The predicted octanol–water partition coefficient (Wildman–Crippen LogP) is 4.28. The van der Waals surface area contributed by atoms with Crippen LogP contribution < -0.4 is 4.72 Å². The van der Waals surface area contributed by atoms with Crippen molar-refractivity contribution in [3.8, 4) is 0 Å². The van der Waals surface area contributed by atoms with Crippen LogP contribution in [0.1, 0.15) is 24.2 Å². The molecular weight excluding hydrogens is 383 g/mol. The third kappa shape index (κ3) is 4.66. The van der Waals surface area contributed by atoms with Gasteiger partial charge in [0.15, 0.2) is 0 Å². The Balaban J connectivity index is 2.29. The second kappa shape index (κ2) is 8.08. The van der Waals surface area contributed by atoms with Crippen LogP contribution in [0.5, 0.6) is 0 Å². The second-order valence-electron chi connectivity index (χ2n) is 5.24. The maximum Gasteiger partial charge on any atom is 0.261 e. The molecule has 2 aromatic rings. The predicted molar refractivity (Wildman–Crippen MR) is 101 cm³/mol. The summed E-state index contributed by atoms with van der Waals surface area (Å²) < 4.78 is 27.4. The molecule has 2 aromatic carbocycles. The van der Waals surface area contributed by atoms with Crippen molar-refractivity contribution in [3.05, 3.63) is 58.1 Å². The van der Waals surface area contributed by atoms with Crippen LogP contribution in [0.15, 0.2) is 47.4 Å². The first kappa shape index (κ1) is 19.6. The van der Waals surface area contributed by atoms with E-state index in [0.717, 1.165) is 0 Å². The van der Waals surface area contributed by atoms with Crippen LogP contribution in [0.25, 0.3) is 0 Å². The van der Waals surface area contributed by atoms with Gasteiger partial charge in [-0.1, -0.05) is 29.3 Å². The van der Waals surface area contributed by atoms with E-state index in [1.54, 1.807) is 23.1 Å². The highest BCUT2D eigenvalue weighted by Crippen LogP contribution is 2.26. The Morgan fingerprint density at radius 3 is 2.32 bits per heavy atom. The second-order valence-corrected chi connectivity index (χ2v) is 7.74. The summed E-state index contributed by atoms with van der Waals surface area (Å²) in [5.74, 6) is -0.152. The summed E-state index contributed by atoms with van der Waals surface area (Å²) in [6.07, 6.45) is 0. The SMILES string of the molecule is CCN(CC)C(=O)c1cccc(NS(=O)(=O)c2ccc(Cl)c(Cl)c2)c1. The molecule has 0 bridgehead atoms. The number of hydrogen-bond donors (Lipinski definition) is 1. The van der Waals surface area contributed by atoms with Gasteiger partial charge in [-0.3, -0.25) is 9.52 Å². The van der Waals surface area contributed by atoms with Crippen molar-refractivity contribution in [2.75, 3.05) is 17.8 Å². The van der Waals surface area contributed by atoms with E-state index in [-0.39, 0.29) is 20.8 Å². The normalized spacial score (nSPS) is 11.2. The van der Waals surface area contributed by atoms with Gasteiger partial charge in [-0.05, 0) is 50.2 Å². The third-order valence-electron chi connectivity index (χ3n) is 3.61. The lowest BCUT2D eigenvalue weighted by molar-refractivity contribution is 0.0773. The molecule has 134 valence electrons. The number of carbonyl (C=O) groups excluding carboxylic acids is 1. The standard InChI is InChI=1S/C17H18Cl2N2O3S/c1-3-21(4-2)17(22)12-6-5-7-13(10-12)20-25(23,24)14-8-9-15(18)16(19)11-14/h5-11,20H,3-4H2,1-2H3. The van der Waals surface area contributed by atoms with Gasteiger partial charge >= 0.3 is 0 Å². The molecule has 0 heterocycles. The fraction of sp³-hybridized carbons (Fsp3) is 0.235. The number of anilines is 1. The zero-order valence-electron chi connectivity index (χ0n) is 13.8. The first-order valence-corrected chi connectivity index (χ1v) is 9.89. The molecule has 8 heteroatoms. The summed E-state index contributed by atoms with van der Waals surface area (Å²) >= 11 is 11.7. The maximum atomic E-state index is 12.5. The topological polar surface area (TPSA) is 66.5 Å². The van der Waals surface area contributed by atoms with Gasteiger partial charge in [0.05, 0.1) is 14.9 Å². The van der Waals surface area contributed by atoms with Crippen molar-refractivity contribution in [2.45, 2.75) is 18.7 Å². The van der Waals surface area contributed by atoms with Crippen LogP contribution in [-0.2, 0) is 10.0 Å². The average molecular weight is 401 g/mol. The smallest absolute Gasteiger partial charge is 0.261 e. The molecule has 0 aromatic heterocycles. The molecule has 0 atom stereocenters. The first-order chi connectivity index (χ1) is 11.8. The molecule has 0 aliphatic rings. The average Bonchev–Trinajstić information content (AvgIpc) is 2.58. The summed E-state index contributed by atoms with van der Waals surface area (Å²) in [4.78, 5) is 14.0. The van der Waals surface area contributed by atoms with Crippen LogP contribution in [0.4, 0.5) is 5.69 Å². The minimum Gasteiger partial charge on any atom is -0.339 e. The third-order valence-corrected chi connectivity index (χ3v) is 5.73. The number of rotatable bonds is 6. The highest BCUT2D eigenvalue weighted by atomic mass is 35.5. The van der Waals surface area contributed by atoms with Crippen molar-refractivity contribution >= 4 is 44.8 Å². The molecule has 1 amide bonds. The summed E-state index contributed by atoms with van der Waals surface area (Å²) in [7, 11) is -3.84. The largest absolute Gasteiger partial charge is 0.339 e. The van der Waals surface area contributed by atoms with Gasteiger partial charge in [0.1, 0.15) is 0 Å². The van der Waals surface area contributed by atoms with E-state index in [1.807, 2.05) is 13.8 Å². The van der Waals surface area contributed by atoms with E-state index >= 15 is 0 Å². The van der Waals surface area contributed by atoms with Gasteiger partial charge in [0.2, 0.25) is 0 Å². The number of halogens is 2. The molecule has 0 fully saturated rings. The van der Waals surface area contributed by atoms with Crippen molar-refractivity contribution in [1.82, 2.24) is 4.90 Å². The van der Waals surface area contributed by atoms with Gasteiger partial charge in [-0.25, -0.2) is 8.42 Å². The number of benzene rings is 2. The Labute approximate surface area is 157 Å². The van der Waals surface area contributed by atoms with E-state index in [0.29, 0.717) is 24.3 Å². The fourth-order valence-corrected chi connectivity index (χ4v) is 3.71. The molecular formula is C17H18Cl2N2O3S. The molecule has 0 aliphatic carbocycles. The lowest BCUT2D eigenvalue weighted by atomic mass is 10.2. The van der Waals surface area contributed by atoms with Gasteiger partial charge in [0.25, 0.3) is 15.9 Å². The molecule has 2 rings (SSSR count). The van der Waals surface area contributed by atoms with Crippen molar-refractivity contribution < 1.29 is 13.2 Å². The van der Waals surface area contributed by atoms with Gasteiger partial charge < -0.3 is 4.90 Å². The Hall–Kier alpha value is -1.76. The molecule has 0 spiro atoms. The number of nitrogens with one attached hydrogen (secondary N) is 1. The lowest BCUT2D eigenvalue weighted by Gasteiger charge is -2.19. The highest BCUT2D eigenvalue weighted by molar-refractivity contribution is 7.92. The number of hydrogen-bond acceptors (Lipinski definition) is 3. The Bertz CT molecular complexity index is 881. The monoisotopic (exact) mass is 400 g/mol. The summed E-state index contributed by atoms with van der Waals surface area (Å²) in [5.41, 5.74) is 0.710. The van der Waals surface area contributed by atoms with Crippen LogP contribution in [0.2, 0.25) is 10.0 Å². The van der Waals surface area contributed by atoms with Crippen LogP contribution in [-0.4, -0.2) is 32.3 Å². The number of amides is 1. The van der Waals surface area contributed by atoms with Gasteiger partial charge in [-0.15, -0.1) is 0 Å². The number of nitrogens with zero attached hydrogens (tertiary/aromatic N) is 1. The zero-order chi connectivity index (χ0) is 18.6. The zero-order valence-corrected chi connectivity index (χ0v) is 16.1. The van der Waals surface area contributed by atoms with Crippen LogP contribution in [0.3, 0.4) is 0 Å². The molecule has 5 nitrogen and oxygen atoms in total. The van der Waals surface area contributed by atoms with Gasteiger partial charge in [0, 0.05) is 24.3 Å². The maximum absolute atomic E-state index is 12.5. The quantitative estimate of drug-likeness (QED) is 0.786. The highest BCUT2D eigenvalue weighted by Gasteiger charge is 2.17. The summed E-state index contributed by atoms with van der Waals surface area (Å²) in [5, 5.41) is 0.419. The lowest BCUT2D eigenvalue weighted by Crippen LogP contribution is -2.30. The van der Waals surface area contributed by atoms with Crippen molar-refractivity contribution in [2.24, 2.45) is 0 Å². The van der Waals surface area contributed by atoms with Gasteiger partial charge in [-0.2, -0.15) is 0 Å². The molecule has 0 unspecified atom stereocenters. The van der Waals surface area contributed by atoms with Crippen LogP contribution in [0, 0.1) is 0 Å². The Morgan fingerprint density at radius 1 is 1.04 bits per heavy atom. The van der Waals surface area contributed by atoms with Crippen molar-refractivity contribution in [1.29, 1.82) is 0 Å². The minimum absolute atomic E-state index is 0.0117. The van der Waals surface area contributed by atoms with E-state index in [4.69, 9.17) is 23.2 Å². The molecule has 0 saturated carbocycles. The van der Waals surface area contributed by atoms with Crippen molar-refractivity contribution in [3.63, 3.8) is 0 Å². The summed E-state index contributed by atoms with van der Waals surface area (Å²) in [6, 6.07) is 10.4. The molecule has 25 heavy (non-hydrogen) atoms.